The van der Waals surface area contributed by atoms with E-state index in [1.165, 1.54) is 11.3 Å². The van der Waals surface area contributed by atoms with Gasteiger partial charge < -0.3 is 19.0 Å². The van der Waals surface area contributed by atoms with Gasteiger partial charge in [0.1, 0.15) is 16.9 Å². The molecule has 2 aromatic rings. The zero-order valence-electron chi connectivity index (χ0n) is 16.8. The van der Waals surface area contributed by atoms with Gasteiger partial charge in [-0.25, -0.2) is 9.97 Å². The third-order valence-electron chi connectivity index (χ3n) is 5.41. The largest absolute Gasteiger partial charge is 0.477 e. The first kappa shape index (κ1) is 19.6. The van der Waals surface area contributed by atoms with Gasteiger partial charge in [-0.2, -0.15) is 0 Å². The summed E-state index contributed by atoms with van der Waals surface area (Å²) in [5.74, 6) is 1.65. The SMILES string of the molecule is CC(=O)C[C@@H](C)COC1CC(COc2ccc3nc(OC4(C)CC4)sc3n2)C1. The van der Waals surface area contributed by atoms with Gasteiger partial charge in [0.05, 0.1) is 12.7 Å². The molecule has 0 saturated heterocycles. The molecule has 2 fully saturated rings. The number of carbonyl (C=O) groups excluding carboxylic acids is 1. The van der Waals surface area contributed by atoms with Crippen LogP contribution in [0.3, 0.4) is 0 Å². The maximum Gasteiger partial charge on any atom is 0.276 e. The molecule has 4 rings (SSSR count). The van der Waals surface area contributed by atoms with Crippen molar-refractivity contribution in [3.63, 3.8) is 0 Å². The van der Waals surface area contributed by atoms with Crippen LogP contribution < -0.4 is 9.47 Å². The summed E-state index contributed by atoms with van der Waals surface area (Å²) in [5, 5.41) is 0.692. The molecule has 7 heteroatoms. The molecular weight excluding hydrogens is 376 g/mol. The smallest absolute Gasteiger partial charge is 0.276 e. The number of hydrogen-bond donors (Lipinski definition) is 0. The molecule has 0 bridgehead atoms. The molecule has 0 aromatic carbocycles. The van der Waals surface area contributed by atoms with Crippen molar-refractivity contribution < 1.29 is 19.0 Å². The molecule has 0 aliphatic heterocycles. The second kappa shape index (κ2) is 7.95. The Balaban J connectivity index is 1.20. The van der Waals surface area contributed by atoms with Crippen molar-refractivity contribution in [2.24, 2.45) is 11.8 Å². The van der Waals surface area contributed by atoms with E-state index < -0.39 is 0 Å². The number of hydrogen-bond acceptors (Lipinski definition) is 7. The van der Waals surface area contributed by atoms with Crippen LogP contribution in [0.25, 0.3) is 10.3 Å². The Morgan fingerprint density at radius 3 is 2.82 bits per heavy atom. The topological polar surface area (TPSA) is 70.5 Å². The highest BCUT2D eigenvalue weighted by atomic mass is 32.1. The quantitative estimate of drug-likeness (QED) is 0.584. The lowest BCUT2D eigenvalue weighted by molar-refractivity contribution is -0.119. The van der Waals surface area contributed by atoms with Crippen LogP contribution in [-0.2, 0) is 9.53 Å². The van der Waals surface area contributed by atoms with Gasteiger partial charge in [-0.05, 0) is 57.4 Å². The molecule has 28 heavy (non-hydrogen) atoms. The number of fused-ring (bicyclic) bond motifs is 1. The molecule has 0 N–H and O–H groups in total. The summed E-state index contributed by atoms with van der Waals surface area (Å²) in [4.78, 5) is 21.0. The van der Waals surface area contributed by atoms with Crippen LogP contribution in [0.2, 0.25) is 0 Å². The van der Waals surface area contributed by atoms with Crippen molar-refractivity contribution in [3.05, 3.63) is 12.1 Å². The molecule has 2 aromatic heterocycles. The minimum atomic E-state index is -0.0279. The Morgan fingerprint density at radius 1 is 1.32 bits per heavy atom. The third-order valence-corrected chi connectivity index (χ3v) is 6.25. The fraction of sp³-hybridized carbons (Fsp3) is 0.667. The molecule has 6 nitrogen and oxygen atoms in total. The van der Waals surface area contributed by atoms with Gasteiger partial charge in [-0.3, -0.25) is 0 Å². The van der Waals surface area contributed by atoms with Crippen LogP contribution >= 0.6 is 11.3 Å². The minimum Gasteiger partial charge on any atom is -0.477 e. The molecule has 1 atom stereocenters. The number of ketones is 1. The Hall–Kier alpha value is -1.73. The fourth-order valence-electron chi connectivity index (χ4n) is 3.39. The number of aromatic nitrogens is 2. The van der Waals surface area contributed by atoms with Crippen LogP contribution in [0.5, 0.6) is 11.1 Å². The van der Waals surface area contributed by atoms with Crippen molar-refractivity contribution in [2.75, 3.05) is 13.2 Å². The minimum absolute atomic E-state index is 0.0279. The van der Waals surface area contributed by atoms with E-state index in [4.69, 9.17) is 14.2 Å². The molecule has 0 radical (unpaired) electrons. The molecule has 152 valence electrons. The number of ether oxygens (including phenoxy) is 3. The predicted molar refractivity (Wildman–Crippen MR) is 108 cm³/mol. The summed E-state index contributed by atoms with van der Waals surface area (Å²) in [6.45, 7) is 7.11. The summed E-state index contributed by atoms with van der Waals surface area (Å²) in [6, 6.07) is 3.82. The van der Waals surface area contributed by atoms with Crippen LogP contribution in [-0.4, -0.2) is 40.7 Å². The summed E-state index contributed by atoms with van der Waals surface area (Å²) in [5.41, 5.74) is 0.827. The molecule has 2 saturated carbocycles. The number of Topliss-reactive ketones (excluding diaryl/α,β-unsaturated/α-hetero) is 1. The average Bonchev–Trinajstić information content (AvgIpc) is 3.17. The lowest BCUT2D eigenvalue weighted by Crippen LogP contribution is -2.36. The lowest BCUT2D eigenvalue weighted by atomic mass is 9.83. The number of rotatable bonds is 10. The standard InChI is InChI=1S/C21H28N2O4S/c1-13(8-14(2)24)11-25-16-9-15(10-16)12-26-18-5-4-17-19(23-18)28-20(22-17)27-21(3)6-7-21/h4-5,13,15-16H,6-12H2,1-3H3/t13-,15?,16?/m1/s1. The van der Waals surface area contributed by atoms with E-state index in [0.717, 1.165) is 36.0 Å². The number of nitrogens with zero attached hydrogens (tertiary/aromatic N) is 2. The number of carbonyl (C=O) groups is 1. The molecule has 0 spiro atoms. The molecule has 0 amide bonds. The highest BCUT2D eigenvalue weighted by molar-refractivity contribution is 7.19. The van der Waals surface area contributed by atoms with E-state index in [2.05, 4.69) is 23.8 Å². The van der Waals surface area contributed by atoms with E-state index in [0.29, 0.717) is 48.6 Å². The Bertz CT molecular complexity index is 842. The third kappa shape index (κ3) is 5.00. The van der Waals surface area contributed by atoms with Crippen molar-refractivity contribution in [3.8, 4) is 11.1 Å². The molecule has 2 aliphatic carbocycles. The van der Waals surface area contributed by atoms with Gasteiger partial charge in [0, 0.05) is 19.1 Å². The van der Waals surface area contributed by atoms with Crippen LogP contribution in [0.1, 0.15) is 52.9 Å². The van der Waals surface area contributed by atoms with Crippen molar-refractivity contribution in [2.45, 2.75) is 64.6 Å². The average molecular weight is 405 g/mol. The van der Waals surface area contributed by atoms with Crippen LogP contribution in [0.4, 0.5) is 0 Å². The van der Waals surface area contributed by atoms with E-state index in [1.54, 1.807) is 6.92 Å². The van der Waals surface area contributed by atoms with E-state index in [-0.39, 0.29) is 11.4 Å². The lowest BCUT2D eigenvalue weighted by Gasteiger charge is -2.35. The molecule has 2 aliphatic rings. The summed E-state index contributed by atoms with van der Waals surface area (Å²) >= 11 is 1.48. The van der Waals surface area contributed by atoms with E-state index in [1.807, 2.05) is 12.1 Å². The van der Waals surface area contributed by atoms with Crippen molar-refractivity contribution >= 4 is 27.5 Å². The fourth-order valence-corrected chi connectivity index (χ4v) is 4.30. The van der Waals surface area contributed by atoms with Gasteiger partial charge in [0.2, 0.25) is 5.88 Å². The highest BCUT2D eigenvalue weighted by Gasteiger charge is 2.41. The molecular formula is C21H28N2O4S. The highest BCUT2D eigenvalue weighted by Crippen LogP contribution is 2.41. The first-order valence-electron chi connectivity index (χ1n) is 10.1. The van der Waals surface area contributed by atoms with Crippen molar-refractivity contribution in [1.29, 1.82) is 0 Å². The summed E-state index contributed by atoms with van der Waals surface area (Å²) < 4.78 is 17.7. The predicted octanol–water partition coefficient (Wildman–Crippen LogP) is 4.41. The summed E-state index contributed by atoms with van der Waals surface area (Å²) in [6.07, 6.45) is 5.08. The zero-order chi connectivity index (χ0) is 19.7. The monoisotopic (exact) mass is 404 g/mol. The van der Waals surface area contributed by atoms with Gasteiger partial charge in [0.15, 0.2) is 4.83 Å². The summed E-state index contributed by atoms with van der Waals surface area (Å²) in [7, 11) is 0. The Labute approximate surface area is 169 Å². The normalized spacial score (nSPS) is 23.8. The van der Waals surface area contributed by atoms with E-state index >= 15 is 0 Å². The maximum atomic E-state index is 11.1. The molecule has 2 heterocycles. The van der Waals surface area contributed by atoms with Gasteiger partial charge in [0.25, 0.3) is 5.19 Å². The number of thiazole rings is 1. The number of pyridine rings is 1. The second-order valence-electron chi connectivity index (χ2n) is 8.62. The van der Waals surface area contributed by atoms with Crippen molar-refractivity contribution in [1.82, 2.24) is 9.97 Å². The van der Waals surface area contributed by atoms with Crippen LogP contribution in [0, 0.1) is 11.8 Å². The van der Waals surface area contributed by atoms with E-state index in [9.17, 15) is 4.79 Å². The second-order valence-corrected chi connectivity index (χ2v) is 9.56. The zero-order valence-corrected chi connectivity index (χ0v) is 17.6. The first-order chi connectivity index (χ1) is 13.4. The molecule has 0 unspecified atom stereocenters. The first-order valence-corrected chi connectivity index (χ1v) is 10.9. The Kier molecular flexibility index (Phi) is 5.56. The maximum absolute atomic E-state index is 11.1. The van der Waals surface area contributed by atoms with Gasteiger partial charge >= 0.3 is 0 Å². The van der Waals surface area contributed by atoms with Crippen LogP contribution in [0.15, 0.2) is 12.1 Å². The van der Waals surface area contributed by atoms with Gasteiger partial charge in [-0.1, -0.05) is 18.3 Å². The Morgan fingerprint density at radius 2 is 2.11 bits per heavy atom. The van der Waals surface area contributed by atoms with Gasteiger partial charge in [-0.15, -0.1) is 0 Å².